The van der Waals surface area contributed by atoms with E-state index >= 15 is 0 Å². The smallest absolute Gasteiger partial charge is 0.224 e. The van der Waals surface area contributed by atoms with Crippen molar-refractivity contribution in [1.29, 1.82) is 0 Å². The van der Waals surface area contributed by atoms with Crippen molar-refractivity contribution >= 4 is 11.8 Å². The zero-order valence-corrected chi connectivity index (χ0v) is 14.0. The Balaban J connectivity index is 2.17. The molecule has 2 rings (SSSR count). The van der Waals surface area contributed by atoms with Gasteiger partial charge in [0.25, 0.3) is 0 Å². The van der Waals surface area contributed by atoms with Gasteiger partial charge in [-0.25, -0.2) is 0 Å². The van der Waals surface area contributed by atoms with Gasteiger partial charge in [-0.05, 0) is 59.8 Å². The molecule has 2 aliphatic rings. The van der Waals surface area contributed by atoms with Gasteiger partial charge < -0.3 is 10.6 Å². The van der Waals surface area contributed by atoms with E-state index in [1.165, 1.54) is 0 Å². The van der Waals surface area contributed by atoms with Crippen LogP contribution in [0, 0.1) is 23.7 Å². The molecule has 2 bridgehead atoms. The van der Waals surface area contributed by atoms with Crippen LogP contribution in [-0.4, -0.2) is 22.9 Å². The first kappa shape index (κ1) is 16.1. The molecule has 1 fully saturated rings. The number of carbonyl (C=O) groups excluding carboxylic acids is 2. The third-order valence-electron chi connectivity index (χ3n) is 4.06. The maximum absolute atomic E-state index is 12.6. The monoisotopic (exact) mass is 292 g/mol. The minimum absolute atomic E-state index is 0.00779. The van der Waals surface area contributed by atoms with Crippen molar-refractivity contribution in [2.24, 2.45) is 23.7 Å². The Labute approximate surface area is 127 Å². The fourth-order valence-corrected chi connectivity index (χ4v) is 3.44. The molecule has 0 heterocycles. The third-order valence-corrected chi connectivity index (χ3v) is 4.06. The molecule has 4 heteroatoms. The molecule has 2 amide bonds. The summed E-state index contributed by atoms with van der Waals surface area (Å²) in [6, 6.07) is 0. The highest BCUT2D eigenvalue weighted by Gasteiger charge is 2.52. The van der Waals surface area contributed by atoms with Gasteiger partial charge in [0.05, 0.1) is 11.8 Å². The number of allylic oxidation sites excluding steroid dienone is 2. The van der Waals surface area contributed by atoms with E-state index in [0.29, 0.717) is 0 Å². The summed E-state index contributed by atoms with van der Waals surface area (Å²) in [5.41, 5.74) is -0.540. The highest BCUT2D eigenvalue weighted by atomic mass is 16.2. The van der Waals surface area contributed by atoms with Crippen molar-refractivity contribution < 1.29 is 9.59 Å². The van der Waals surface area contributed by atoms with Crippen molar-refractivity contribution in [3.05, 3.63) is 12.2 Å². The predicted octanol–water partition coefficient (Wildman–Crippen LogP) is 2.25. The summed E-state index contributed by atoms with van der Waals surface area (Å²) in [6.45, 7) is 11.8. The second-order valence-corrected chi connectivity index (χ2v) is 8.48. The van der Waals surface area contributed by atoms with Crippen LogP contribution < -0.4 is 10.6 Å². The molecule has 118 valence electrons. The third kappa shape index (κ3) is 3.66. The van der Waals surface area contributed by atoms with Gasteiger partial charge in [-0.3, -0.25) is 9.59 Å². The van der Waals surface area contributed by atoms with Gasteiger partial charge in [-0.15, -0.1) is 0 Å². The van der Waals surface area contributed by atoms with E-state index in [2.05, 4.69) is 22.8 Å². The summed E-state index contributed by atoms with van der Waals surface area (Å²) < 4.78 is 0. The Morgan fingerprint density at radius 2 is 1.14 bits per heavy atom. The molecule has 2 aliphatic carbocycles. The first-order chi connectivity index (χ1) is 9.48. The highest BCUT2D eigenvalue weighted by Crippen LogP contribution is 2.48. The van der Waals surface area contributed by atoms with Crippen LogP contribution in [0.1, 0.15) is 48.0 Å². The molecule has 2 N–H and O–H groups in total. The molecular weight excluding hydrogens is 264 g/mol. The van der Waals surface area contributed by atoms with E-state index in [1.807, 2.05) is 41.5 Å². The topological polar surface area (TPSA) is 58.2 Å². The second kappa shape index (κ2) is 5.15. The van der Waals surface area contributed by atoms with Crippen LogP contribution >= 0.6 is 0 Å². The zero-order chi connectivity index (χ0) is 16.0. The lowest BCUT2D eigenvalue weighted by Crippen LogP contribution is -2.51. The second-order valence-electron chi connectivity index (χ2n) is 8.48. The summed E-state index contributed by atoms with van der Waals surface area (Å²) in [5.74, 6) is -0.0499. The largest absolute Gasteiger partial charge is 0.351 e. The number of hydrogen-bond donors (Lipinski definition) is 2. The average molecular weight is 292 g/mol. The van der Waals surface area contributed by atoms with Crippen LogP contribution in [0.5, 0.6) is 0 Å². The van der Waals surface area contributed by atoms with Gasteiger partial charge in [0.2, 0.25) is 11.8 Å². The summed E-state index contributed by atoms with van der Waals surface area (Å²) in [7, 11) is 0. The Bertz CT molecular complexity index is 426. The van der Waals surface area contributed by atoms with Crippen LogP contribution in [0.3, 0.4) is 0 Å². The number of nitrogens with one attached hydrogen (secondary N) is 2. The SMILES string of the molecule is CC(C)(C)NC(=O)[C@@H]1[C@@H](C(=O)NC(C)(C)C)[C@H]2C=C[C@H]1C2. The van der Waals surface area contributed by atoms with Crippen molar-refractivity contribution in [2.75, 3.05) is 0 Å². The van der Waals surface area contributed by atoms with Gasteiger partial charge in [-0.1, -0.05) is 12.2 Å². The van der Waals surface area contributed by atoms with Crippen molar-refractivity contribution in [2.45, 2.75) is 59.0 Å². The molecule has 21 heavy (non-hydrogen) atoms. The van der Waals surface area contributed by atoms with Gasteiger partial charge in [-0.2, -0.15) is 0 Å². The van der Waals surface area contributed by atoms with Crippen LogP contribution in [0.25, 0.3) is 0 Å². The molecular formula is C17H28N2O2. The molecule has 1 saturated carbocycles. The average Bonchev–Trinajstić information content (AvgIpc) is 2.82. The molecule has 0 aliphatic heterocycles. The van der Waals surface area contributed by atoms with Gasteiger partial charge >= 0.3 is 0 Å². The molecule has 4 nitrogen and oxygen atoms in total. The maximum atomic E-state index is 12.6. The van der Waals surface area contributed by atoms with Crippen LogP contribution in [0.4, 0.5) is 0 Å². The standard InChI is InChI=1S/C17H28N2O2/c1-16(2,3)18-14(20)12-10-7-8-11(9-10)13(12)15(21)19-17(4,5)6/h7-8,10-13H,9H2,1-6H3,(H,18,20)(H,19,21)/t10-,11-,12-,13-/m0/s1. The maximum Gasteiger partial charge on any atom is 0.224 e. The number of hydrogen-bond acceptors (Lipinski definition) is 2. The Morgan fingerprint density at radius 3 is 1.43 bits per heavy atom. The lowest BCUT2D eigenvalue weighted by atomic mass is 9.81. The lowest BCUT2D eigenvalue weighted by molar-refractivity contribution is -0.137. The number of rotatable bonds is 2. The predicted molar refractivity (Wildman–Crippen MR) is 83.5 cm³/mol. The molecule has 0 radical (unpaired) electrons. The summed E-state index contributed by atoms with van der Waals surface area (Å²) in [6.07, 6.45) is 5.14. The molecule has 0 saturated heterocycles. The van der Waals surface area contributed by atoms with E-state index in [-0.39, 0.29) is 46.6 Å². The number of carbonyl (C=O) groups is 2. The normalized spacial score (nSPS) is 31.3. The highest BCUT2D eigenvalue weighted by molar-refractivity contribution is 5.90. The fraction of sp³-hybridized carbons (Fsp3) is 0.765. The first-order valence-corrected chi connectivity index (χ1v) is 7.80. The van der Waals surface area contributed by atoms with Gasteiger partial charge in [0.1, 0.15) is 0 Å². The quantitative estimate of drug-likeness (QED) is 0.767. The lowest BCUT2D eigenvalue weighted by Gasteiger charge is -2.32. The van der Waals surface area contributed by atoms with Crippen LogP contribution in [0.2, 0.25) is 0 Å². The zero-order valence-electron chi connectivity index (χ0n) is 14.0. The van der Waals surface area contributed by atoms with Crippen molar-refractivity contribution in [3.63, 3.8) is 0 Å². The molecule has 4 atom stereocenters. The Kier molecular flexibility index (Phi) is 3.94. The molecule has 0 aromatic carbocycles. The van der Waals surface area contributed by atoms with Crippen LogP contribution in [-0.2, 0) is 9.59 Å². The molecule has 0 unspecified atom stereocenters. The summed E-state index contributed by atoms with van der Waals surface area (Å²) in [4.78, 5) is 25.2. The Hall–Kier alpha value is -1.32. The number of fused-ring (bicyclic) bond motifs is 2. The fourth-order valence-electron chi connectivity index (χ4n) is 3.44. The minimum atomic E-state index is -0.270. The van der Waals surface area contributed by atoms with E-state index in [1.54, 1.807) is 0 Å². The van der Waals surface area contributed by atoms with Gasteiger partial charge in [0.15, 0.2) is 0 Å². The van der Waals surface area contributed by atoms with Crippen molar-refractivity contribution in [3.8, 4) is 0 Å². The number of amides is 2. The van der Waals surface area contributed by atoms with Crippen LogP contribution in [0.15, 0.2) is 12.2 Å². The van der Waals surface area contributed by atoms with Gasteiger partial charge in [0, 0.05) is 11.1 Å². The molecule has 0 spiro atoms. The summed E-state index contributed by atoms with van der Waals surface area (Å²) >= 11 is 0. The first-order valence-electron chi connectivity index (χ1n) is 7.80. The van der Waals surface area contributed by atoms with Crippen molar-refractivity contribution in [1.82, 2.24) is 10.6 Å². The Morgan fingerprint density at radius 1 is 0.810 bits per heavy atom. The molecule has 0 aromatic heterocycles. The van der Waals surface area contributed by atoms with E-state index in [9.17, 15) is 9.59 Å². The van der Waals surface area contributed by atoms with E-state index < -0.39 is 0 Å². The summed E-state index contributed by atoms with van der Waals surface area (Å²) in [5, 5.41) is 6.08. The van der Waals surface area contributed by atoms with E-state index in [4.69, 9.17) is 0 Å². The molecule has 0 aromatic rings. The minimum Gasteiger partial charge on any atom is -0.351 e. The van der Waals surface area contributed by atoms with E-state index in [0.717, 1.165) is 6.42 Å².